The van der Waals surface area contributed by atoms with E-state index < -0.39 is 29.6 Å². The highest BCUT2D eigenvalue weighted by atomic mass is 19.4. The normalized spacial score (nSPS) is 16.6. The van der Waals surface area contributed by atoms with Crippen LogP contribution in [0.15, 0.2) is 91.0 Å². The van der Waals surface area contributed by atoms with Gasteiger partial charge in [-0.25, -0.2) is 13.2 Å². The molecule has 0 radical (unpaired) electrons. The molecule has 0 bridgehead atoms. The van der Waals surface area contributed by atoms with Crippen LogP contribution in [0.1, 0.15) is 70.3 Å². The zero-order valence-electron chi connectivity index (χ0n) is 26.6. The van der Waals surface area contributed by atoms with Gasteiger partial charge in [-0.15, -0.1) is 13.2 Å². The molecule has 1 aliphatic carbocycles. The number of hydrogen-bond donors (Lipinski definition) is 0. The van der Waals surface area contributed by atoms with Gasteiger partial charge in [0.15, 0.2) is 11.6 Å². The lowest BCUT2D eigenvalue weighted by molar-refractivity contribution is -0.276. The van der Waals surface area contributed by atoms with Crippen molar-refractivity contribution in [1.29, 1.82) is 0 Å². The third-order valence-electron chi connectivity index (χ3n) is 9.23. The largest absolute Gasteiger partial charge is 0.573 e. The average molecular weight is 651 g/mol. The molecule has 7 heteroatoms. The topological polar surface area (TPSA) is 9.23 Å². The number of benzene rings is 5. The molecule has 0 N–H and O–H groups in total. The molecule has 0 heterocycles. The van der Waals surface area contributed by atoms with E-state index in [0.717, 1.165) is 30.4 Å². The maximum absolute atomic E-state index is 15.0. The molecule has 5 aromatic rings. The van der Waals surface area contributed by atoms with Gasteiger partial charge in [0.25, 0.3) is 0 Å². The average Bonchev–Trinajstić information content (AvgIpc) is 3.06. The number of rotatable bonds is 9. The van der Waals surface area contributed by atoms with Crippen LogP contribution in [0.5, 0.6) is 5.75 Å². The second-order valence-corrected chi connectivity index (χ2v) is 12.6. The molecule has 0 unspecified atom stereocenters. The smallest absolute Gasteiger partial charge is 0.399 e. The lowest BCUT2D eigenvalue weighted by Gasteiger charge is -2.28. The number of halogens is 6. The molecule has 1 nitrogen and oxygen atoms in total. The number of alkyl halides is 3. The number of aryl methyl sites for hydroxylation is 1. The van der Waals surface area contributed by atoms with Crippen molar-refractivity contribution in [2.75, 3.05) is 0 Å². The fraction of sp³-hybridized carbons (Fsp3) is 0.350. The molecule has 5 aromatic carbocycles. The Hall–Kier alpha value is -4.00. The van der Waals surface area contributed by atoms with E-state index in [4.69, 9.17) is 0 Å². The summed E-state index contributed by atoms with van der Waals surface area (Å²) in [5.41, 5.74) is 1.54. The molecular weight excluding hydrogens is 610 g/mol. The standard InChI is InChI=1S/C30H32F6O.C10H8/c1-2-3-4-5-19-6-8-20(9-7-19)10-11-21-12-14-24(26(31)16-21)22-13-15-25-23(17-22)18-27(32)29(28(25)33)37-30(34,35)36;1-2-6-10-8-4-3-7-9(10)5-1/h12-20H,2-11H2,1H3;1-8H. The third kappa shape index (κ3) is 9.30. The van der Waals surface area contributed by atoms with Gasteiger partial charge in [0.2, 0.25) is 5.75 Å². The highest BCUT2D eigenvalue weighted by Crippen LogP contribution is 2.37. The Bertz CT molecular complexity index is 1710. The predicted octanol–water partition coefficient (Wildman–Crippen LogP) is 13.0. The van der Waals surface area contributed by atoms with Crippen LogP contribution in [0.25, 0.3) is 32.7 Å². The first-order chi connectivity index (χ1) is 22.6. The van der Waals surface area contributed by atoms with Gasteiger partial charge >= 0.3 is 6.36 Å². The Labute approximate surface area is 272 Å². The van der Waals surface area contributed by atoms with Crippen molar-refractivity contribution in [3.63, 3.8) is 0 Å². The zero-order valence-corrected chi connectivity index (χ0v) is 26.6. The maximum atomic E-state index is 15.0. The van der Waals surface area contributed by atoms with Crippen LogP contribution in [-0.4, -0.2) is 6.36 Å². The molecule has 0 saturated heterocycles. The minimum atomic E-state index is -5.23. The summed E-state index contributed by atoms with van der Waals surface area (Å²) < 4.78 is 84.7. The first-order valence-electron chi connectivity index (χ1n) is 16.5. The van der Waals surface area contributed by atoms with E-state index in [1.54, 1.807) is 6.07 Å². The lowest BCUT2D eigenvalue weighted by Crippen LogP contribution is -2.19. The van der Waals surface area contributed by atoms with E-state index >= 15 is 4.39 Å². The van der Waals surface area contributed by atoms with Crippen molar-refractivity contribution >= 4 is 21.5 Å². The van der Waals surface area contributed by atoms with Crippen LogP contribution in [0.4, 0.5) is 26.3 Å². The summed E-state index contributed by atoms with van der Waals surface area (Å²) in [4.78, 5) is 0. The molecule has 1 fully saturated rings. The molecule has 1 saturated carbocycles. The van der Waals surface area contributed by atoms with Crippen molar-refractivity contribution < 1.29 is 31.1 Å². The molecule has 0 atom stereocenters. The van der Waals surface area contributed by atoms with Crippen LogP contribution in [0.2, 0.25) is 0 Å². The van der Waals surface area contributed by atoms with Gasteiger partial charge in [-0.05, 0) is 70.2 Å². The van der Waals surface area contributed by atoms with Crippen LogP contribution in [0.3, 0.4) is 0 Å². The van der Waals surface area contributed by atoms with Crippen LogP contribution in [-0.2, 0) is 6.42 Å². The first-order valence-corrected chi connectivity index (χ1v) is 16.5. The van der Waals surface area contributed by atoms with Crippen molar-refractivity contribution in [3.05, 3.63) is 114 Å². The molecule has 47 heavy (non-hydrogen) atoms. The van der Waals surface area contributed by atoms with Crippen LogP contribution < -0.4 is 4.74 Å². The maximum Gasteiger partial charge on any atom is 0.573 e. The van der Waals surface area contributed by atoms with Crippen molar-refractivity contribution in [2.45, 2.75) is 77.5 Å². The minimum absolute atomic E-state index is 0.01000. The van der Waals surface area contributed by atoms with Gasteiger partial charge in [-0.1, -0.05) is 131 Å². The molecular formula is C40H40F6O. The van der Waals surface area contributed by atoms with E-state index in [-0.39, 0.29) is 16.3 Å². The van der Waals surface area contributed by atoms with Crippen LogP contribution in [0, 0.1) is 29.3 Å². The van der Waals surface area contributed by atoms with Crippen molar-refractivity contribution in [3.8, 4) is 16.9 Å². The fourth-order valence-corrected chi connectivity index (χ4v) is 6.63. The van der Waals surface area contributed by atoms with E-state index in [0.29, 0.717) is 11.5 Å². The second kappa shape index (κ2) is 15.7. The van der Waals surface area contributed by atoms with Gasteiger partial charge < -0.3 is 4.74 Å². The summed E-state index contributed by atoms with van der Waals surface area (Å²) in [5.74, 6) is -3.37. The molecule has 0 aromatic heterocycles. The summed E-state index contributed by atoms with van der Waals surface area (Å²) in [6.07, 6.45) is 6.86. The zero-order chi connectivity index (χ0) is 33.4. The van der Waals surface area contributed by atoms with E-state index in [1.165, 1.54) is 86.4 Å². The van der Waals surface area contributed by atoms with Gasteiger partial charge in [-0.3, -0.25) is 0 Å². The Balaban J connectivity index is 0.000000365. The summed E-state index contributed by atoms with van der Waals surface area (Å²) in [6.45, 7) is 2.23. The molecule has 0 aliphatic heterocycles. The number of fused-ring (bicyclic) bond motifs is 2. The van der Waals surface area contributed by atoms with E-state index in [9.17, 15) is 22.0 Å². The highest BCUT2D eigenvalue weighted by Gasteiger charge is 2.34. The van der Waals surface area contributed by atoms with Crippen molar-refractivity contribution in [1.82, 2.24) is 0 Å². The third-order valence-corrected chi connectivity index (χ3v) is 9.23. The van der Waals surface area contributed by atoms with Gasteiger partial charge in [0.05, 0.1) is 0 Å². The highest BCUT2D eigenvalue weighted by molar-refractivity contribution is 5.89. The van der Waals surface area contributed by atoms with Crippen LogP contribution >= 0.6 is 0 Å². The van der Waals surface area contributed by atoms with Crippen molar-refractivity contribution in [2.24, 2.45) is 11.8 Å². The van der Waals surface area contributed by atoms with E-state index in [2.05, 4.69) is 60.2 Å². The molecule has 0 amide bonds. The molecule has 248 valence electrons. The van der Waals surface area contributed by atoms with E-state index in [1.807, 2.05) is 6.07 Å². The number of hydrogen-bond acceptors (Lipinski definition) is 1. The molecule has 0 spiro atoms. The monoisotopic (exact) mass is 650 g/mol. The van der Waals surface area contributed by atoms with Gasteiger partial charge in [-0.2, -0.15) is 0 Å². The molecule has 6 rings (SSSR count). The fourth-order valence-electron chi connectivity index (χ4n) is 6.63. The summed E-state index contributed by atoms with van der Waals surface area (Å²) >= 11 is 0. The number of unbranched alkanes of at least 4 members (excludes halogenated alkanes) is 2. The Morgan fingerprint density at radius 2 is 1.28 bits per heavy atom. The first kappa shape index (κ1) is 34.3. The second-order valence-electron chi connectivity index (χ2n) is 12.6. The Kier molecular flexibility index (Phi) is 11.5. The summed E-state index contributed by atoms with van der Waals surface area (Å²) in [5, 5.41) is 2.38. The quantitative estimate of drug-likeness (QED) is 0.114. The lowest BCUT2D eigenvalue weighted by atomic mass is 9.78. The van der Waals surface area contributed by atoms with Gasteiger partial charge in [0.1, 0.15) is 5.82 Å². The van der Waals surface area contributed by atoms with Gasteiger partial charge in [0, 0.05) is 10.9 Å². The SMILES string of the molecule is CCCCCC1CCC(CCc2ccc(-c3ccc4c(F)c(OC(F)(F)F)c(F)cc4c3)c(F)c2)CC1.c1ccc2ccccc2c1. The summed E-state index contributed by atoms with van der Waals surface area (Å²) in [7, 11) is 0. The molecule has 1 aliphatic rings. The Morgan fingerprint density at radius 1 is 0.660 bits per heavy atom. The minimum Gasteiger partial charge on any atom is -0.399 e. The number of ether oxygens (including phenoxy) is 1. The Morgan fingerprint density at radius 3 is 1.85 bits per heavy atom. The predicted molar refractivity (Wildman–Crippen MR) is 178 cm³/mol. The summed E-state index contributed by atoms with van der Waals surface area (Å²) in [6, 6.07) is 26.4.